The summed E-state index contributed by atoms with van der Waals surface area (Å²) in [5.74, 6) is 0. The summed E-state index contributed by atoms with van der Waals surface area (Å²) in [5.41, 5.74) is 16.0. The highest BCUT2D eigenvalue weighted by Gasteiger charge is 2.53. The Balaban J connectivity index is 1.34. The summed E-state index contributed by atoms with van der Waals surface area (Å²) in [4.78, 5) is 16.8. The van der Waals surface area contributed by atoms with Gasteiger partial charge in [0.2, 0.25) is 5.43 Å². The fourth-order valence-electron chi connectivity index (χ4n) is 9.57. The Labute approximate surface area is 289 Å². The standard InChI is InChI=1S/C47H31NO2/c1-46(2)33-18-7-3-16-30(33)32-26-38-41(27-37(32)46)48(40-23-13-25-43-44(40)45(49)31-17-6-12-24-42(31)50-43)39-22-11-10-21-36(39)47(38)34-19-8-4-14-28(34)29-15-5-9-20-35(29)47/h3-27H,1-2H3. The number of rotatable bonds is 1. The van der Waals surface area contributed by atoms with E-state index in [9.17, 15) is 4.79 Å². The average molecular weight is 642 g/mol. The Bertz CT molecular complexity index is 2790. The van der Waals surface area contributed by atoms with Crippen LogP contribution in [0.3, 0.4) is 0 Å². The molecular weight excluding hydrogens is 611 g/mol. The number of para-hydroxylation sites is 2. The fourth-order valence-corrected chi connectivity index (χ4v) is 9.57. The summed E-state index contributed by atoms with van der Waals surface area (Å²) >= 11 is 0. The highest BCUT2D eigenvalue weighted by atomic mass is 16.3. The third-order valence-corrected chi connectivity index (χ3v) is 11.7. The van der Waals surface area contributed by atoms with E-state index >= 15 is 0 Å². The van der Waals surface area contributed by atoms with Crippen LogP contribution in [0.2, 0.25) is 0 Å². The highest BCUT2D eigenvalue weighted by molar-refractivity contribution is 6.05. The van der Waals surface area contributed by atoms with Crippen molar-refractivity contribution in [2.75, 3.05) is 4.90 Å². The molecule has 0 N–H and O–H groups in total. The van der Waals surface area contributed by atoms with E-state index in [2.05, 4.69) is 134 Å². The Morgan fingerprint density at radius 3 is 1.76 bits per heavy atom. The van der Waals surface area contributed by atoms with Crippen LogP contribution in [0.1, 0.15) is 47.2 Å². The van der Waals surface area contributed by atoms with Gasteiger partial charge in [0.05, 0.1) is 33.2 Å². The van der Waals surface area contributed by atoms with Crippen molar-refractivity contribution in [3.8, 4) is 22.3 Å². The minimum atomic E-state index is -0.575. The lowest BCUT2D eigenvalue weighted by Gasteiger charge is -2.45. The zero-order chi connectivity index (χ0) is 33.4. The lowest BCUT2D eigenvalue weighted by Crippen LogP contribution is -2.36. The van der Waals surface area contributed by atoms with Crippen LogP contribution in [0.4, 0.5) is 17.1 Å². The second-order valence-corrected chi connectivity index (χ2v) is 14.4. The van der Waals surface area contributed by atoms with E-state index in [1.807, 2.05) is 36.4 Å². The van der Waals surface area contributed by atoms with E-state index in [0.29, 0.717) is 21.9 Å². The van der Waals surface area contributed by atoms with Gasteiger partial charge in [0.25, 0.3) is 0 Å². The third-order valence-electron chi connectivity index (χ3n) is 11.7. The molecule has 3 aliphatic rings. The lowest BCUT2D eigenvalue weighted by molar-refractivity contribution is 0.658. The summed E-state index contributed by atoms with van der Waals surface area (Å²) < 4.78 is 6.44. The van der Waals surface area contributed by atoms with Gasteiger partial charge < -0.3 is 9.32 Å². The highest BCUT2D eigenvalue weighted by Crippen LogP contribution is 2.65. The van der Waals surface area contributed by atoms with Gasteiger partial charge in [0, 0.05) is 5.41 Å². The lowest BCUT2D eigenvalue weighted by atomic mass is 9.64. The number of fused-ring (bicyclic) bond motifs is 14. The van der Waals surface area contributed by atoms with Crippen molar-refractivity contribution in [2.45, 2.75) is 24.7 Å². The molecule has 0 radical (unpaired) electrons. The van der Waals surface area contributed by atoms with Crippen LogP contribution in [0.25, 0.3) is 44.2 Å². The molecule has 3 nitrogen and oxygen atoms in total. The van der Waals surface area contributed by atoms with Crippen LogP contribution in [-0.4, -0.2) is 0 Å². The molecule has 0 saturated heterocycles. The molecule has 0 atom stereocenters. The molecule has 7 aromatic carbocycles. The molecular formula is C47H31NO2. The van der Waals surface area contributed by atoms with Crippen LogP contribution in [0.5, 0.6) is 0 Å². The van der Waals surface area contributed by atoms with Crippen LogP contribution in [0, 0.1) is 0 Å². The maximum Gasteiger partial charge on any atom is 0.202 e. The molecule has 3 heteroatoms. The van der Waals surface area contributed by atoms with Gasteiger partial charge in [-0.05, 0) is 98.1 Å². The Morgan fingerprint density at radius 1 is 0.460 bits per heavy atom. The predicted molar refractivity (Wildman–Crippen MR) is 203 cm³/mol. The molecule has 0 fully saturated rings. The van der Waals surface area contributed by atoms with Gasteiger partial charge >= 0.3 is 0 Å². The van der Waals surface area contributed by atoms with Crippen molar-refractivity contribution in [2.24, 2.45) is 0 Å². The summed E-state index contributed by atoms with van der Waals surface area (Å²) in [6.07, 6.45) is 0. The van der Waals surface area contributed by atoms with Gasteiger partial charge in [-0.25, -0.2) is 0 Å². The molecule has 0 bridgehead atoms. The van der Waals surface area contributed by atoms with Crippen molar-refractivity contribution in [3.05, 3.63) is 195 Å². The van der Waals surface area contributed by atoms with Gasteiger partial charge in [-0.3, -0.25) is 4.79 Å². The zero-order valence-corrected chi connectivity index (χ0v) is 27.7. The smallest absolute Gasteiger partial charge is 0.202 e. The summed E-state index contributed by atoms with van der Waals surface area (Å²) in [6, 6.07) is 53.9. The Kier molecular flexibility index (Phi) is 5.26. The zero-order valence-electron chi connectivity index (χ0n) is 27.7. The largest absolute Gasteiger partial charge is 0.456 e. The van der Waals surface area contributed by atoms with E-state index < -0.39 is 5.41 Å². The number of hydrogen-bond donors (Lipinski definition) is 0. The first-order valence-corrected chi connectivity index (χ1v) is 17.3. The molecule has 0 unspecified atom stereocenters. The minimum absolute atomic E-state index is 0.0257. The third kappa shape index (κ3) is 3.23. The van der Waals surface area contributed by atoms with Crippen molar-refractivity contribution >= 4 is 39.0 Å². The Morgan fingerprint density at radius 2 is 1.02 bits per heavy atom. The SMILES string of the molecule is CC1(C)c2ccccc2-c2cc3c(cc21)N(c1cccc2oc4ccccc4c(=O)c12)c1ccccc1C31c2ccccc2-c2ccccc21. The van der Waals surface area contributed by atoms with Crippen LogP contribution in [-0.2, 0) is 10.8 Å². The average Bonchev–Trinajstić information content (AvgIpc) is 3.57. The molecule has 2 aliphatic carbocycles. The second kappa shape index (κ2) is 9.49. The maximum atomic E-state index is 14.5. The van der Waals surface area contributed by atoms with Gasteiger partial charge in [-0.2, -0.15) is 0 Å². The van der Waals surface area contributed by atoms with Gasteiger partial charge in [0.15, 0.2) is 0 Å². The van der Waals surface area contributed by atoms with Crippen LogP contribution < -0.4 is 10.3 Å². The molecule has 1 spiro atoms. The molecule has 0 amide bonds. The number of nitrogens with zero attached hydrogens (tertiary/aromatic N) is 1. The first-order chi connectivity index (χ1) is 24.5. The van der Waals surface area contributed by atoms with E-state index in [1.54, 1.807) is 0 Å². The molecule has 0 saturated carbocycles. The molecule has 2 heterocycles. The van der Waals surface area contributed by atoms with Crippen molar-refractivity contribution in [1.29, 1.82) is 0 Å². The van der Waals surface area contributed by atoms with Crippen LogP contribution in [0.15, 0.2) is 161 Å². The molecule has 8 aromatic rings. The van der Waals surface area contributed by atoms with Gasteiger partial charge in [-0.1, -0.05) is 123 Å². The monoisotopic (exact) mass is 641 g/mol. The van der Waals surface area contributed by atoms with E-state index in [4.69, 9.17) is 4.42 Å². The maximum absolute atomic E-state index is 14.5. The molecule has 236 valence electrons. The van der Waals surface area contributed by atoms with Crippen LogP contribution >= 0.6 is 0 Å². The van der Waals surface area contributed by atoms with Gasteiger partial charge in [-0.15, -0.1) is 0 Å². The molecule has 1 aliphatic heterocycles. The number of anilines is 3. The van der Waals surface area contributed by atoms with E-state index in [1.165, 1.54) is 55.6 Å². The Hall–Kier alpha value is -6.19. The molecule has 11 rings (SSSR count). The van der Waals surface area contributed by atoms with Crippen molar-refractivity contribution < 1.29 is 4.42 Å². The summed E-state index contributed by atoms with van der Waals surface area (Å²) in [7, 11) is 0. The first-order valence-electron chi connectivity index (χ1n) is 17.3. The first kappa shape index (κ1) is 27.7. The minimum Gasteiger partial charge on any atom is -0.456 e. The molecule has 1 aromatic heterocycles. The number of hydrogen-bond acceptors (Lipinski definition) is 3. The van der Waals surface area contributed by atoms with E-state index in [-0.39, 0.29) is 10.8 Å². The quantitative estimate of drug-likeness (QED) is 0.167. The van der Waals surface area contributed by atoms with Gasteiger partial charge in [0.1, 0.15) is 11.2 Å². The topological polar surface area (TPSA) is 33.5 Å². The van der Waals surface area contributed by atoms with Crippen molar-refractivity contribution in [3.63, 3.8) is 0 Å². The number of benzene rings is 7. The fraction of sp³-hybridized carbons (Fsp3) is 0.0851. The normalized spacial score (nSPS) is 15.4. The second-order valence-electron chi connectivity index (χ2n) is 14.4. The molecule has 50 heavy (non-hydrogen) atoms. The summed E-state index contributed by atoms with van der Waals surface area (Å²) in [6.45, 7) is 4.67. The predicted octanol–water partition coefficient (Wildman–Crippen LogP) is 11.4. The summed E-state index contributed by atoms with van der Waals surface area (Å²) in [5, 5.41) is 1.16. The van der Waals surface area contributed by atoms with E-state index in [0.717, 1.165) is 17.1 Å². The van der Waals surface area contributed by atoms with Crippen molar-refractivity contribution in [1.82, 2.24) is 0 Å².